The molecule has 310 valence electrons. The third kappa shape index (κ3) is 12.5. The van der Waals surface area contributed by atoms with Crippen molar-refractivity contribution in [2.24, 2.45) is 11.8 Å². The number of phenolic OH excluding ortho intramolecular Hbond substituents is 1. The fourth-order valence-electron chi connectivity index (χ4n) is 7.50. The zero-order valence-electron chi connectivity index (χ0n) is 34.7. The molecule has 1 aliphatic heterocycles. The second kappa shape index (κ2) is 22.1. The number of tetrazole rings is 1. The number of carbonyl (C=O) groups is 3. The average molecular weight is 796 g/mol. The number of aromatic amines is 1. The standard InChI is InChI=1S/C41H65N9O5S/c1-9-19-50(41(54)36(27(6)11-3)44-39(53)33-14-12-13-20-49(33)8)34(26(4)5)24-35(55-21-10-2)40-43-32(25-56-40)38(52)42-30(22-28(7)37-45-47-48-46-37)23-29-15-17-31(51)18-16-29/h15-18,25-28,30,33-36,51H,9-14,19-24H2,1-8H3,(H,42,52)(H,44,53)(H,45,46,47,48)/t27-,28-,30?,33+,34+,35+,36-/m0/s1. The summed E-state index contributed by atoms with van der Waals surface area (Å²) in [6.45, 7) is 16.4. The van der Waals surface area contributed by atoms with Crippen molar-refractivity contribution in [2.75, 3.05) is 26.7 Å². The van der Waals surface area contributed by atoms with E-state index in [9.17, 15) is 19.5 Å². The Labute approximate surface area is 336 Å². The zero-order valence-corrected chi connectivity index (χ0v) is 35.5. The van der Waals surface area contributed by atoms with Gasteiger partial charge in [0, 0.05) is 43.0 Å². The molecule has 0 bridgehead atoms. The molecule has 0 aliphatic carbocycles. The van der Waals surface area contributed by atoms with Crippen LogP contribution in [0.1, 0.15) is 139 Å². The molecule has 2 aromatic heterocycles. The summed E-state index contributed by atoms with van der Waals surface area (Å²) in [7, 11) is 1.99. The normalized spacial score (nSPS) is 18.1. The number of likely N-dealkylation sites (tertiary alicyclic amines) is 1. The number of likely N-dealkylation sites (N-methyl/N-ethyl adjacent to an activating group) is 1. The molecule has 0 radical (unpaired) electrons. The third-order valence-electron chi connectivity index (χ3n) is 11.0. The van der Waals surface area contributed by atoms with Crippen LogP contribution in [0.5, 0.6) is 5.75 Å². The molecule has 14 nitrogen and oxygen atoms in total. The van der Waals surface area contributed by atoms with Crippen LogP contribution in [0.2, 0.25) is 0 Å². The van der Waals surface area contributed by atoms with Crippen molar-refractivity contribution in [3.63, 3.8) is 0 Å². The fourth-order valence-corrected chi connectivity index (χ4v) is 8.36. The summed E-state index contributed by atoms with van der Waals surface area (Å²) in [6.07, 6.45) is 6.33. The zero-order chi connectivity index (χ0) is 40.8. The van der Waals surface area contributed by atoms with Gasteiger partial charge in [-0.1, -0.05) is 73.4 Å². The van der Waals surface area contributed by atoms with Crippen LogP contribution >= 0.6 is 11.3 Å². The molecule has 1 fully saturated rings. The van der Waals surface area contributed by atoms with Crippen LogP contribution in [0, 0.1) is 11.8 Å². The van der Waals surface area contributed by atoms with Crippen molar-refractivity contribution in [3.8, 4) is 5.75 Å². The molecule has 1 unspecified atom stereocenters. The first kappa shape index (κ1) is 44.8. The molecule has 4 rings (SSSR count). The number of benzene rings is 1. The van der Waals surface area contributed by atoms with Crippen LogP contribution in [-0.2, 0) is 20.7 Å². The number of H-pyrrole nitrogens is 1. The van der Waals surface area contributed by atoms with E-state index in [4.69, 9.17) is 9.72 Å². The monoisotopic (exact) mass is 795 g/mol. The summed E-state index contributed by atoms with van der Waals surface area (Å²) in [6, 6.07) is 5.61. The SMILES string of the molecule is CCCO[C@H](C[C@H](C(C)C)N(CCC)C(=O)[C@@H](NC(=O)[C@H]1CCCCN1C)[C@@H](C)CC)c1nc(C(=O)NC(Cc2ccc(O)cc2)C[C@H](C)c2nnn[nH]2)cs1. The summed E-state index contributed by atoms with van der Waals surface area (Å²) in [4.78, 5) is 51.1. The number of ether oxygens (including phenoxy) is 1. The van der Waals surface area contributed by atoms with E-state index < -0.39 is 12.1 Å². The lowest BCUT2D eigenvalue weighted by Gasteiger charge is -2.40. The van der Waals surface area contributed by atoms with E-state index in [1.54, 1.807) is 17.5 Å². The van der Waals surface area contributed by atoms with Gasteiger partial charge in [-0.25, -0.2) is 10.1 Å². The van der Waals surface area contributed by atoms with E-state index in [0.717, 1.165) is 50.6 Å². The van der Waals surface area contributed by atoms with E-state index >= 15 is 0 Å². The van der Waals surface area contributed by atoms with Gasteiger partial charge in [0.25, 0.3) is 5.91 Å². The van der Waals surface area contributed by atoms with Crippen molar-refractivity contribution >= 4 is 29.1 Å². The predicted octanol–water partition coefficient (Wildman–Crippen LogP) is 6.03. The predicted molar refractivity (Wildman–Crippen MR) is 218 cm³/mol. The second-order valence-electron chi connectivity index (χ2n) is 15.8. The van der Waals surface area contributed by atoms with Gasteiger partial charge >= 0.3 is 0 Å². The van der Waals surface area contributed by atoms with Crippen LogP contribution in [-0.4, -0.2) is 109 Å². The smallest absolute Gasteiger partial charge is 0.270 e. The number of nitrogens with zero attached hydrogens (tertiary/aromatic N) is 6. The van der Waals surface area contributed by atoms with Crippen molar-refractivity contribution < 1.29 is 24.2 Å². The first-order valence-corrected chi connectivity index (χ1v) is 21.4. The van der Waals surface area contributed by atoms with Gasteiger partial charge in [0.1, 0.15) is 28.6 Å². The Hall–Kier alpha value is -3.95. The number of phenols is 1. The summed E-state index contributed by atoms with van der Waals surface area (Å²) in [5.41, 5.74) is 1.26. The number of nitrogens with one attached hydrogen (secondary N) is 3. The Kier molecular flexibility index (Phi) is 17.7. The van der Waals surface area contributed by atoms with Gasteiger partial charge in [-0.3, -0.25) is 19.3 Å². The van der Waals surface area contributed by atoms with Gasteiger partial charge in [-0.2, -0.15) is 0 Å². The molecular formula is C41H65N9O5S. The molecule has 0 saturated carbocycles. The Morgan fingerprint density at radius 3 is 2.43 bits per heavy atom. The maximum atomic E-state index is 14.7. The van der Waals surface area contributed by atoms with Gasteiger partial charge in [0.15, 0.2) is 5.82 Å². The van der Waals surface area contributed by atoms with Crippen molar-refractivity contribution in [3.05, 3.63) is 51.7 Å². The minimum atomic E-state index is -0.640. The van der Waals surface area contributed by atoms with E-state index in [-0.39, 0.29) is 59.4 Å². The maximum absolute atomic E-state index is 14.7. The lowest BCUT2D eigenvalue weighted by atomic mass is 9.92. The minimum Gasteiger partial charge on any atom is -0.508 e. The van der Waals surface area contributed by atoms with Gasteiger partial charge < -0.3 is 25.4 Å². The highest BCUT2D eigenvalue weighted by Gasteiger charge is 2.38. The Morgan fingerprint density at radius 2 is 1.80 bits per heavy atom. The first-order chi connectivity index (χ1) is 26.9. The van der Waals surface area contributed by atoms with Gasteiger partial charge in [0.05, 0.1) is 6.04 Å². The van der Waals surface area contributed by atoms with Crippen LogP contribution < -0.4 is 10.6 Å². The average Bonchev–Trinajstić information content (AvgIpc) is 3.91. The number of piperidine rings is 1. The third-order valence-corrected chi connectivity index (χ3v) is 11.9. The van der Waals surface area contributed by atoms with Crippen LogP contribution in [0.25, 0.3) is 0 Å². The molecule has 1 aromatic carbocycles. The molecule has 56 heavy (non-hydrogen) atoms. The quantitative estimate of drug-likeness (QED) is 0.0939. The number of hydrogen-bond donors (Lipinski definition) is 4. The number of hydrogen-bond acceptors (Lipinski definition) is 11. The molecule has 7 atom stereocenters. The minimum absolute atomic E-state index is 0.0482. The number of aromatic nitrogens is 5. The molecule has 3 amide bonds. The summed E-state index contributed by atoms with van der Waals surface area (Å²) < 4.78 is 6.47. The topological polar surface area (TPSA) is 179 Å². The van der Waals surface area contributed by atoms with Crippen LogP contribution in [0.15, 0.2) is 29.6 Å². The van der Waals surface area contributed by atoms with Gasteiger partial charge in [0.2, 0.25) is 11.8 Å². The van der Waals surface area contributed by atoms with Crippen LogP contribution in [0.3, 0.4) is 0 Å². The lowest BCUT2D eigenvalue weighted by molar-refractivity contribution is -0.143. The highest BCUT2D eigenvalue weighted by Crippen LogP contribution is 2.32. The van der Waals surface area contributed by atoms with Crippen molar-refractivity contribution in [1.82, 2.24) is 46.0 Å². The van der Waals surface area contributed by atoms with E-state index in [1.165, 1.54) is 11.3 Å². The molecule has 4 N–H and O–H groups in total. The first-order valence-electron chi connectivity index (χ1n) is 20.6. The lowest BCUT2D eigenvalue weighted by Crippen LogP contribution is -2.58. The molecule has 0 spiro atoms. The molecule has 3 heterocycles. The van der Waals surface area contributed by atoms with E-state index in [0.29, 0.717) is 48.9 Å². The maximum Gasteiger partial charge on any atom is 0.270 e. The summed E-state index contributed by atoms with van der Waals surface area (Å²) in [5.74, 6) is 0.352. The highest BCUT2D eigenvalue weighted by atomic mass is 32.1. The Bertz CT molecular complexity index is 1640. The van der Waals surface area contributed by atoms with Crippen LogP contribution in [0.4, 0.5) is 0 Å². The van der Waals surface area contributed by atoms with Crippen molar-refractivity contribution in [2.45, 2.75) is 142 Å². The second-order valence-corrected chi connectivity index (χ2v) is 16.7. The number of rotatable bonds is 22. The fraction of sp³-hybridized carbons (Fsp3) is 0.683. The molecule has 1 saturated heterocycles. The summed E-state index contributed by atoms with van der Waals surface area (Å²) >= 11 is 1.39. The number of thiazole rings is 1. The largest absolute Gasteiger partial charge is 0.508 e. The number of amides is 3. The van der Waals surface area contributed by atoms with Crippen molar-refractivity contribution in [1.29, 1.82) is 0 Å². The molecule has 3 aromatic rings. The molecular weight excluding hydrogens is 731 g/mol. The van der Waals surface area contributed by atoms with E-state index in [2.05, 4.69) is 70.8 Å². The molecule has 15 heteroatoms. The van der Waals surface area contributed by atoms with Gasteiger partial charge in [-0.15, -0.1) is 16.4 Å². The Balaban J connectivity index is 1.55. The van der Waals surface area contributed by atoms with Gasteiger partial charge in [-0.05, 0) is 92.1 Å². The summed E-state index contributed by atoms with van der Waals surface area (Å²) in [5, 5.41) is 33.0. The number of aromatic hydroxyl groups is 1. The molecule has 1 aliphatic rings. The number of carbonyl (C=O) groups excluding carboxylic acids is 3. The Morgan fingerprint density at radius 1 is 1.05 bits per heavy atom. The van der Waals surface area contributed by atoms with E-state index in [1.807, 2.05) is 37.9 Å². The highest BCUT2D eigenvalue weighted by molar-refractivity contribution is 7.09.